The van der Waals surface area contributed by atoms with E-state index >= 15 is 0 Å². The first-order chi connectivity index (χ1) is 13.1. The molecule has 0 saturated carbocycles. The number of carboxylic acid groups (broad SMARTS) is 1. The van der Waals surface area contributed by atoms with Crippen molar-refractivity contribution in [1.29, 1.82) is 0 Å². The Balaban J connectivity index is 2.96. The van der Waals surface area contributed by atoms with Crippen molar-refractivity contribution in [2.45, 2.75) is 32.4 Å². The van der Waals surface area contributed by atoms with E-state index < -0.39 is 42.3 Å². The molecule has 154 valence electrons. The molecule has 28 heavy (non-hydrogen) atoms. The van der Waals surface area contributed by atoms with Gasteiger partial charge >= 0.3 is 5.97 Å². The number of nitrogens with one attached hydrogen (secondary N) is 3. The number of carboxylic acids is 1. The Hall–Kier alpha value is -3.14. The second-order valence-corrected chi connectivity index (χ2v) is 6.54. The van der Waals surface area contributed by atoms with E-state index in [1.807, 2.05) is 0 Å². The highest BCUT2D eigenvalue weighted by molar-refractivity contribution is 5.93. The number of nitrogens with two attached hydrogens (primary N) is 1. The minimum atomic E-state index is -1.22. The summed E-state index contributed by atoms with van der Waals surface area (Å²) in [5.74, 6) is -3.24. The first-order valence-electron chi connectivity index (χ1n) is 8.71. The third-order valence-corrected chi connectivity index (χ3v) is 3.87. The largest absolute Gasteiger partial charge is 0.508 e. The normalized spacial score (nSPS) is 12.7. The molecule has 2 unspecified atom stereocenters. The van der Waals surface area contributed by atoms with Gasteiger partial charge in [-0.2, -0.15) is 0 Å². The Morgan fingerprint density at radius 2 is 1.64 bits per heavy atom. The summed E-state index contributed by atoms with van der Waals surface area (Å²) >= 11 is 0. The summed E-state index contributed by atoms with van der Waals surface area (Å²) in [4.78, 5) is 47.3. The van der Waals surface area contributed by atoms with Crippen molar-refractivity contribution < 1.29 is 29.4 Å². The number of rotatable bonds is 10. The van der Waals surface area contributed by atoms with E-state index in [1.54, 1.807) is 26.0 Å². The smallest absolute Gasteiger partial charge is 0.322 e. The third-order valence-electron chi connectivity index (χ3n) is 3.87. The van der Waals surface area contributed by atoms with E-state index in [2.05, 4.69) is 16.0 Å². The number of carbonyl (C=O) groups excluding carboxylic acids is 3. The molecule has 0 radical (unpaired) electrons. The molecule has 10 nitrogen and oxygen atoms in total. The average Bonchev–Trinajstić information content (AvgIpc) is 2.64. The molecule has 0 aliphatic heterocycles. The Morgan fingerprint density at radius 3 is 2.14 bits per heavy atom. The summed E-state index contributed by atoms with van der Waals surface area (Å²) < 4.78 is 0. The lowest BCUT2D eigenvalue weighted by molar-refractivity contribution is -0.138. The van der Waals surface area contributed by atoms with Crippen LogP contribution in [0, 0.1) is 5.92 Å². The van der Waals surface area contributed by atoms with E-state index in [0.717, 1.165) is 0 Å². The van der Waals surface area contributed by atoms with Crippen molar-refractivity contribution in [2.75, 3.05) is 13.1 Å². The van der Waals surface area contributed by atoms with Crippen LogP contribution in [0.3, 0.4) is 0 Å². The number of hydrogen-bond acceptors (Lipinski definition) is 6. The van der Waals surface area contributed by atoms with E-state index in [1.165, 1.54) is 12.1 Å². The lowest BCUT2D eigenvalue weighted by Crippen LogP contribution is -2.56. The molecule has 0 spiro atoms. The molecule has 1 aromatic rings. The Labute approximate surface area is 162 Å². The Bertz CT molecular complexity index is 705. The lowest BCUT2D eigenvalue weighted by Gasteiger charge is -2.25. The number of benzene rings is 1. The van der Waals surface area contributed by atoms with Gasteiger partial charge in [0.25, 0.3) is 0 Å². The standard InChI is InChI=1S/C18H26N4O6/c1-10(2)16(22-14(24)8-19)18(28)21-13(17(27)20-9-15(25)26)7-11-3-5-12(23)6-4-11/h3-6,10,13,16,23H,7-9,19H2,1-2H3,(H,20,27)(H,21,28)(H,22,24)(H,25,26). The van der Waals surface area contributed by atoms with Gasteiger partial charge in [-0.15, -0.1) is 0 Å². The number of carbonyl (C=O) groups is 4. The van der Waals surface area contributed by atoms with Gasteiger partial charge in [-0.05, 0) is 23.6 Å². The summed E-state index contributed by atoms with van der Waals surface area (Å²) in [6, 6.07) is 4.03. The third kappa shape index (κ3) is 7.62. The molecule has 0 bridgehead atoms. The fourth-order valence-corrected chi connectivity index (χ4v) is 2.39. The SMILES string of the molecule is CC(C)C(NC(=O)CN)C(=O)NC(Cc1ccc(O)cc1)C(=O)NCC(=O)O. The summed E-state index contributed by atoms with van der Waals surface area (Å²) in [5.41, 5.74) is 5.91. The lowest BCUT2D eigenvalue weighted by atomic mass is 10.0. The molecular weight excluding hydrogens is 368 g/mol. The number of aromatic hydroxyl groups is 1. The second kappa shape index (κ2) is 10.9. The summed E-state index contributed by atoms with van der Waals surface area (Å²) in [6.45, 7) is 2.56. The van der Waals surface area contributed by atoms with Crippen LogP contribution >= 0.6 is 0 Å². The highest BCUT2D eigenvalue weighted by Crippen LogP contribution is 2.12. The summed E-state index contributed by atoms with van der Waals surface area (Å²) in [5, 5.41) is 25.4. The van der Waals surface area contributed by atoms with Gasteiger partial charge in [-0.25, -0.2) is 0 Å². The number of aliphatic carboxylic acids is 1. The number of hydrogen-bond donors (Lipinski definition) is 6. The molecule has 1 rings (SSSR count). The topological polar surface area (TPSA) is 171 Å². The molecule has 3 amide bonds. The summed E-state index contributed by atoms with van der Waals surface area (Å²) in [7, 11) is 0. The highest BCUT2D eigenvalue weighted by Gasteiger charge is 2.28. The van der Waals surface area contributed by atoms with Gasteiger partial charge in [0.15, 0.2) is 0 Å². The van der Waals surface area contributed by atoms with Gasteiger partial charge in [0.1, 0.15) is 24.4 Å². The zero-order valence-corrected chi connectivity index (χ0v) is 15.8. The van der Waals surface area contributed by atoms with Crippen LogP contribution in [0.2, 0.25) is 0 Å². The van der Waals surface area contributed by atoms with Crippen LogP contribution in [-0.2, 0) is 25.6 Å². The van der Waals surface area contributed by atoms with Crippen molar-refractivity contribution >= 4 is 23.7 Å². The molecule has 2 atom stereocenters. The van der Waals surface area contributed by atoms with Crippen molar-refractivity contribution in [2.24, 2.45) is 11.7 Å². The molecule has 10 heteroatoms. The van der Waals surface area contributed by atoms with Gasteiger partial charge in [-0.3, -0.25) is 19.2 Å². The van der Waals surface area contributed by atoms with Crippen molar-refractivity contribution in [1.82, 2.24) is 16.0 Å². The van der Waals surface area contributed by atoms with Crippen LogP contribution in [-0.4, -0.2) is 59.1 Å². The van der Waals surface area contributed by atoms with Crippen molar-refractivity contribution in [3.05, 3.63) is 29.8 Å². The van der Waals surface area contributed by atoms with Gasteiger partial charge in [0, 0.05) is 6.42 Å². The fraction of sp³-hybridized carbons (Fsp3) is 0.444. The molecule has 7 N–H and O–H groups in total. The average molecular weight is 394 g/mol. The van der Waals surface area contributed by atoms with Gasteiger partial charge in [0.2, 0.25) is 17.7 Å². The zero-order chi connectivity index (χ0) is 21.3. The zero-order valence-electron chi connectivity index (χ0n) is 15.8. The molecule has 1 aromatic carbocycles. The Morgan fingerprint density at radius 1 is 1.04 bits per heavy atom. The van der Waals surface area contributed by atoms with Gasteiger partial charge in [-0.1, -0.05) is 26.0 Å². The molecule has 0 saturated heterocycles. The van der Waals surface area contributed by atoms with E-state index in [9.17, 15) is 24.3 Å². The van der Waals surface area contributed by atoms with E-state index in [-0.39, 0.29) is 24.6 Å². The van der Waals surface area contributed by atoms with Crippen LogP contribution in [0.15, 0.2) is 24.3 Å². The predicted molar refractivity (Wildman–Crippen MR) is 100 cm³/mol. The summed E-state index contributed by atoms with van der Waals surface area (Å²) in [6.07, 6.45) is 0.0626. The van der Waals surface area contributed by atoms with Crippen LogP contribution in [0.1, 0.15) is 19.4 Å². The molecule has 0 aromatic heterocycles. The van der Waals surface area contributed by atoms with Crippen LogP contribution in [0.25, 0.3) is 0 Å². The minimum Gasteiger partial charge on any atom is -0.508 e. The first-order valence-corrected chi connectivity index (χ1v) is 8.71. The molecule has 0 heterocycles. The molecule has 0 aliphatic rings. The fourth-order valence-electron chi connectivity index (χ4n) is 2.39. The maximum atomic E-state index is 12.6. The van der Waals surface area contributed by atoms with Gasteiger partial charge in [0.05, 0.1) is 6.54 Å². The quantitative estimate of drug-likeness (QED) is 0.287. The van der Waals surface area contributed by atoms with Crippen LogP contribution in [0.5, 0.6) is 5.75 Å². The minimum absolute atomic E-state index is 0.0454. The molecular formula is C18H26N4O6. The molecule has 0 aliphatic carbocycles. The predicted octanol–water partition coefficient (Wildman–Crippen LogP) is -1.28. The second-order valence-electron chi connectivity index (χ2n) is 6.54. The van der Waals surface area contributed by atoms with Crippen molar-refractivity contribution in [3.8, 4) is 5.75 Å². The van der Waals surface area contributed by atoms with E-state index in [0.29, 0.717) is 5.56 Å². The number of phenols is 1. The van der Waals surface area contributed by atoms with Crippen LogP contribution in [0.4, 0.5) is 0 Å². The monoisotopic (exact) mass is 394 g/mol. The number of phenolic OH excluding ortho intramolecular Hbond substituents is 1. The van der Waals surface area contributed by atoms with Crippen LogP contribution < -0.4 is 21.7 Å². The van der Waals surface area contributed by atoms with E-state index in [4.69, 9.17) is 10.8 Å². The Kier molecular flexibility index (Phi) is 8.89. The molecule has 0 fully saturated rings. The van der Waals surface area contributed by atoms with Gasteiger partial charge < -0.3 is 31.9 Å². The maximum absolute atomic E-state index is 12.6. The highest BCUT2D eigenvalue weighted by atomic mass is 16.4. The maximum Gasteiger partial charge on any atom is 0.322 e. The first kappa shape index (κ1) is 22.9. The van der Waals surface area contributed by atoms with Crippen molar-refractivity contribution in [3.63, 3.8) is 0 Å². The number of amides is 3.